The molecule has 0 aromatic carbocycles. The number of hydrogen-bond acceptors (Lipinski definition) is 6. The van der Waals surface area contributed by atoms with E-state index < -0.39 is 15.2 Å². The summed E-state index contributed by atoms with van der Waals surface area (Å²) in [6.07, 6.45) is 1.31. The van der Waals surface area contributed by atoms with Crippen LogP contribution in [-0.2, 0) is 27.2 Å². The Hall–Kier alpha value is 0.0400. The first-order chi connectivity index (χ1) is 9.40. The zero-order chi connectivity index (χ0) is 15.6. The van der Waals surface area contributed by atoms with Gasteiger partial charge in [-0.15, -0.1) is 0 Å². The van der Waals surface area contributed by atoms with Crippen molar-refractivity contribution in [2.24, 2.45) is 0 Å². The fourth-order valence-electron chi connectivity index (χ4n) is 1.29. The number of hydrogen-bond donors (Lipinski definition) is 0. The molecule has 0 amide bonds. The summed E-state index contributed by atoms with van der Waals surface area (Å²) in [7, 11) is -7.45. The van der Waals surface area contributed by atoms with E-state index in [9.17, 15) is 9.13 Å². The van der Waals surface area contributed by atoms with Crippen LogP contribution in [0.5, 0.6) is 0 Å². The average Bonchev–Trinajstić information content (AvgIpc) is 2.42. The molecule has 0 rings (SSSR count). The van der Waals surface area contributed by atoms with Gasteiger partial charge in [0, 0.05) is 0 Å². The second-order valence-electron chi connectivity index (χ2n) is 3.91. The van der Waals surface area contributed by atoms with Crippen molar-refractivity contribution < 1.29 is 27.2 Å². The van der Waals surface area contributed by atoms with E-state index in [1.165, 1.54) is 0 Å². The standard InChI is InChI=1S/C12H26O6P2/c1-6-10-17-20(14,18-11-7-2)12(5)19(13,15-8-3)16-9-4/h5-11H2,1-4H3. The van der Waals surface area contributed by atoms with E-state index in [1.807, 2.05) is 13.8 Å². The summed E-state index contributed by atoms with van der Waals surface area (Å²) in [4.78, 5) is 0. The van der Waals surface area contributed by atoms with E-state index >= 15 is 0 Å². The molecule has 0 saturated carbocycles. The van der Waals surface area contributed by atoms with Crippen LogP contribution in [0.3, 0.4) is 0 Å². The first kappa shape index (κ1) is 20.0. The zero-order valence-electron chi connectivity index (χ0n) is 12.8. The summed E-state index contributed by atoms with van der Waals surface area (Å²) in [5.74, 6) is 0. The maximum atomic E-state index is 12.8. The van der Waals surface area contributed by atoms with E-state index in [-0.39, 0.29) is 31.5 Å². The van der Waals surface area contributed by atoms with Crippen molar-refractivity contribution in [2.45, 2.75) is 40.5 Å². The Kier molecular flexibility index (Phi) is 9.90. The molecule has 0 aliphatic carbocycles. The second-order valence-corrected chi connectivity index (χ2v) is 8.37. The summed E-state index contributed by atoms with van der Waals surface area (Å²) in [6, 6.07) is 0. The van der Waals surface area contributed by atoms with Crippen LogP contribution in [-0.4, -0.2) is 26.4 Å². The average molecular weight is 328 g/mol. The van der Waals surface area contributed by atoms with Crippen molar-refractivity contribution in [3.63, 3.8) is 0 Å². The minimum absolute atomic E-state index is 0.151. The molecule has 20 heavy (non-hydrogen) atoms. The molecule has 0 heterocycles. The van der Waals surface area contributed by atoms with Crippen molar-refractivity contribution in [1.29, 1.82) is 0 Å². The van der Waals surface area contributed by atoms with Gasteiger partial charge in [0.2, 0.25) is 0 Å². The predicted molar refractivity (Wildman–Crippen MR) is 80.1 cm³/mol. The molecule has 0 unspecified atom stereocenters. The Bertz CT molecular complexity index is 360. The van der Waals surface area contributed by atoms with Gasteiger partial charge in [0.1, 0.15) is 5.06 Å². The third-order valence-electron chi connectivity index (χ3n) is 2.16. The summed E-state index contributed by atoms with van der Waals surface area (Å²) in [5, 5.41) is -0.226. The SMILES string of the molecule is C=C(P(=O)(OCC)OCC)P(=O)(OCCC)OCCC. The van der Waals surface area contributed by atoms with Crippen LogP contribution in [0.15, 0.2) is 11.6 Å². The fraction of sp³-hybridized carbons (Fsp3) is 0.833. The van der Waals surface area contributed by atoms with Gasteiger partial charge in [-0.05, 0) is 26.7 Å². The smallest absolute Gasteiger partial charge is 0.305 e. The lowest BCUT2D eigenvalue weighted by Gasteiger charge is -2.25. The van der Waals surface area contributed by atoms with Crippen molar-refractivity contribution in [2.75, 3.05) is 26.4 Å². The monoisotopic (exact) mass is 328 g/mol. The molecular formula is C12H26O6P2. The van der Waals surface area contributed by atoms with Crippen LogP contribution in [0.25, 0.3) is 0 Å². The van der Waals surface area contributed by atoms with Gasteiger partial charge in [-0.25, -0.2) is 0 Å². The highest BCUT2D eigenvalue weighted by Crippen LogP contribution is 2.73. The highest BCUT2D eigenvalue weighted by Gasteiger charge is 2.43. The molecule has 0 aliphatic heterocycles. The Balaban J connectivity index is 5.26. The molecule has 120 valence electrons. The number of rotatable bonds is 12. The van der Waals surface area contributed by atoms with Crippen LogP contribution >= 0.6 is 15.2 Å². The van der Waals surface area contributed by atoms with E-state index in [0.717, 1.165) is 0 Å². The third kappa shape index (κ3) is 5.80. The van der Waals surface area contributed by atoms with Crippen LogP contribution in [0.1, 0.15) is 40.5 Å². The van der Waals surface area contributed by atoms with Crippen molar-refractivity contribution in [1.82, 2.24) is 0 Å². The van der Waals surface area contributed by atoms with Gasteiger partial charge in [-0.1, -0.05) is 20.4 Å². The lowest BCUT2D eigenvalue weighted by atomic mass is 10.5. The molecule has 0 fully saturated rings. The predicted octanol–water partition coefficient (Wildman–Crippen LogP) is 4.77. The van der Waals surface area contributed by atoms with Crippen molar-refractivity contribution in [3.05, 3.63) is 11.6 Å². The maximum absolute atomic E-state index is 12.8. The van der Waals surface area contributed by atoms with Gasteiger partial charge in [-0.3, -0.25) is 9.13 Å². The third-order valence-corrected chi connectivity index (χ3v) is 7.14. The lowest BCUT2D eigenvalue weighted by molar-refractivity contribution is 0.204. The van der Waals surface area contributed by atoms with Crippen LogP contribution < -0.4 is 0 Å². The van der Waals surface area contributed by atoms with Gasteiger partial charge in [0.05, 0.1) is 26.4 Å². The molecule has 0 aromatic rings. The van der Waals surface area contributed by atoms with E-state index in [4.69, 9.17) is 18.1 Å². The van der Waals surface area contributed by atoms with E-state index in [2.05, 4.69) is 6.58 Å². The highest BCUT2D eigenvalue weighted by molar-refractivity contribution is 7.78. The molecule has 8 heteroatoms. The Labute approximate surface area is 121 Å². The summed E-state index contributed by atoms with van der Waals surface area (Å²) in [6.45, 7) is 11.4. The molecule has 0 atom stereocenters. The van der Waals surface area contributed by atoms with Crippen molar-refractivity contribution in [3.8, 4) is 0 Å². The molecule has 0 aromatic heterocycles. The minimum Gasteiger partial charge on any atom is -0.305 e. The van der Waals surface area contributed by atoms with Crippen LogP contribution in [0.2, 0.25) is 0 Å². The Morgan fingerprint density at radius 1 is 0.800 bits per heavy atom. The molecule has 0 bridgehead atoms. The van der Waals surface area contributed by atoms with Gasteiger partial charge < -0.3 is 18.1 Å². The summed E-state index contributed by atoms with van der Waals surface area (Å²) in [5.41, 5.74) is 0. The second kappa shape index (κ2) is 9.88. The van der Waals surface area contributed by atoms with E-state index in [1.54, 1.807) is 13.8 Å². The molecule has 0 spiro atoms. The van der Waals surface area contributed by atoms with Gasteiger partial charge in [0.15, 0.2) is 0 Å². The molecular weight excluding hydrogens is 302 g/mol. The first-order valence-corrected chi connectivity index (χ1v) is 9.96. The largest absolute Gasteiger partial charge is 0.368 e. The quantitative estimate of drug-likeness (QED) is 0.481. The Morgan fingerprint density at radius 3 is 1.45 bits per heavy atom. The van der Waals surface area contributed by atoms with Gasteiger partial charge >= 0.3 is 15.2 Å². The molecule has 0 radical (unpaired) electrons. The maximum Gasteiger partial charge on any atom is 0.368 e. The lowest BCUT2D eigenvalue weighted by Crippen LogP contribution is -2.05. The topological polar surface area (TPSA) is 71.1 Å². The molecule has 0 N–H and O–H groups in total. The highest BCUT2D eigenvalue weighted by atomic mass is 31.2. The molecule has 0 saturated heterocycles. The normalized spacial score (nSPS) is 12.6. The zero-order valence-corrected chi connectivity index (χ0v) is 14.6. The van der Waals surface area contributed by atoms with E-state index in [0.29, 0.717) is 12.8 Å². The molecule has 0 aliphatic rings. The fourth-order valence-corrected chi connectivity index (χ4v) is 5.45. The molecule has 6 nitrogen and oxygen atoms in total. The van der Waals surface area contributed by atoms with Gasteiger partial charge in [-0.2, -0.15) is 0 Å². The summed E-state index contributed by atoms with van der Waals surface area (Å²) < 4.78 is 46.2. The van der Waals surface area contributed by atoms with Crippen molar-refractivity contribution >= 4 is 15.2 Å². The minimum atomic E-state index is -3.73. The Morgan fingerprint density at radius 2 is 1.15 bits per heavy atom. The van der Waals surface area contributed by atoms with Crippen LogP contribution in [0, 0.1) is 0 Å². The van der Waals surface area contributed by atoms with Crippen LogP contribution in [0.4, 0.5) is 0 Å². The first-order valence-electron chi connectivity index (χ1n) is 6.88. The van der Waals surface area contributed by atoms with Gasteiger partial charge in [0.25, 0.3) is 0 Å². The summed E-state index contributed by atoms with van der Waals surface area (Å²) >= 11 is 0.